The van der Waals surface area contributed by atoms with Crippen molar-refractivity contribution in [3.05, 3.63) is 65.2 Å². The topological polar surface area (TPSA) is 63.7 Å². The van der Waals surface area contributed by atoms with Gasteiger partial charge in [-0.3, -0.25) is 9.10 Å². The van der Waals surface area contributed by atoms with Gasteiger partial charge in [0.25, 0.3) is 10.0 Å². The van der Waals surface area contributed by atoms with Crippen molar-refractivity contribution in [3.63, 3.8) is 0 Å². The molecule has 1 atom stereocenters. The van der Waals surface area contributed by atoms with Gasteiger partial charge in [0.15, 0.2) is 0 Å². The van der Waals surface area contributed by atoms with Crippen LogP contribution in [-0.2, 0) is 19.6 Å². The molecule has 158 valence electrons. The highest BCUT2D eigenvalue weighted by Gasteiger charge is 2.41. The highest BCUT2D eigenvalue weighted by molar-refractivity contribution is 7.92. The number of hydrogen-bond acceptors (Lipinski definition) is 4. The first-order valence-electron chi connectivity index (χ1n) is 10.5. The van der Waals surface area contributed by atoms with Crippen LogP contribution < -0.4 is 4.31 Å². The molecular formula is C24H27NO4S. The second-order valence-corrected chi connectivity index (χ2v) is 9.68. The van der Waals surface area contributed by atoms with E-state index in [1.165, 1.54) is 9.88 Å². The molecule has 1 aliphatic carbocycles. The lowest BCUT2D eigenvalue weighted by Gasteiger charge is -2.42. The molecule has 0 spiro atoms. The van der Waals surface area contributed by atoms with Crippen LogP contribution in [0.15, 0.2) is 59.0 Å². The van der Waals surface area contributed by atoms with Crippen molar-refractivity contribution in [2.24, 2.45) is 0 Å². The third kappa shape index (κ3) is 3.65. The average molecular weight is 426 g/mol. The summed E-state index contributed by atoms with van der Waals surface area (Å²) in [7, 11) is -3.86. The summed E-state index contributed by atoms with van der Waals surface area (Å²) in [4.78, 5) is 12.7. The minimum Gasteiger partial charge on any atom is -0.466 e. The van der Waals surface area contributed by atoms with Crippen LogP contribution >= 0.6 is 0 Å². The number of benzene rings is 2. The summed E-state index contributed by atoms with van der Waals surface area (Å²) >= 11 is 0. The van der Waals surface area contributed by atoms with Gasteiger partial charge in [0.05, 0.1) is 29.7 Å². The number of para-hydroxylation sites is 1. The van der Waals surface area contributed by atoms with Gasteiger partial charge >= 0.3 is 5.97 Å². The largest absolute Gasteiger partial charge is 0.466 e. The molecule has 0 aromatic heterocycles. The molecule has 1 unspecified atom stereocenters. The number of carbonyl (C=O) groups is 1. The monoisotopic (exact) mass is 425 g/mol. The van der Waals surface area contributed by atoms with Gasteiger partial charge in [-0.1, -0.05) is 35.9 Å². The molecule has 2 aliphatic rings. The fourth-order valence-corrected chi connectivity index (χ4v) is 6.20. The molecule has 0 saturated heterocycles. The standard InChI is InChI=1S/C24H27NO4S/c1-3-29-24(26)16-23-21-10-5-4-8-19(21)20-9-6-7-11-22(20)25(23)30(27,28)18-14-12-17(2)13-15-18/h6-7,9,11-15,23H,3-5,8,10,16H2,1-2H3. The number of allylic oxidation sites excluding steroid dienone is 1. The molecule has 4 rings (SSSR count). The predicted molar refractivity (Wildman–Crippen MR) is 118 cm³/mol. The van der Waals surface area contributed by atoms with E-state index in [0.717, 1.165) is 42.4 Å². The summed E-state index contributed by atoms with van der Waals surface area (Å²) in [5.74, 6) is -0.372. The van der Waals surface area contributed by atoms with Crippen LogP contribution in [-0.4, -0.2) is 27.0 Å². The number of esters is 1. The Bertz CT molecular complexity index is 1090. The number of carbonyl (C=O) groups excluding carboxylic acids is 1. The molecule has 1 aliphatic heterocycles. The maximum Gasteiger partial charge on any atom is 0.308 e. The molecule has 0 N–H and O–H groups in total. The zero-order chi connectivity index (χ0) is 21.3. The zero-order valence-corrected chi connectivity index (χ0v) is 18.2. The van der Waals surface area contributed by atoms with Crippen molar-refractivity contribution in [1.82, 2.24) is 0 Å². The van der Waals surface area contributed by atoms with Crippen LogP contribution in [0, 0.1) is 6.92 Å². The maximum absolute atomic E-state index is 13.8. The van der Waals surface area contributed by atoms with Gasteiger partial charge in [0.2, 0.25) is 0 Å². The Hall–Kier alpha value is -2.60. The summed E-state index contributed by atoms with van der Waals surface area (Å²) in [5, 5.41) is 0. The van der Waals surface area contributed by atoms with E-state index < -0.39 is 16.1 Å². The Morgan fingerprint density at radius 2 is 1.77 bits per heavy atom. The smallest absolute Gasteiger partial charge is 0.308 e. The lowest BCUT2D eigenvalue weighted by Crippen LogP contribution is -2.46. The molecule has 2 aromatic carbocycles. The number of hydrogen-bond donors (Lipinski definition) is 0. The molecule has 0 bridgehead atoms. The highest BCUT2D eigenvalue weighted by Crippen LogP contribution is 2.47. The molecule has 1 heterocycles. The van der Waals surface area contributed by atoms with Crippen LogP contribution in [0.2, 0.25) is 0 Å². The van der Waals surface area contributed by atoms with Crippen LogP contribution in [0.1, 0.15) is 50.2 Å². The van der Waals surface area contributed by atoms with Crippen molar-refractivity contribution in [1.29, 1.82) is 0 Å². The van der Waals surface area contributed by atoms with Gasteiger partial charge < -0.3 is 4.74 Å². The van der Waals surface area contributed by atoms with Gasteiger partial charge in [0, 0.05) is 5.56 Å². The molecule has 0 radical (unpaired) electrons. The van der Waals surface area contributed by atoms with Gasteiger partial charge in [-0.15, -0.1) is 0 Å². The predicted octanol–water partition coefficient (Wildman–Crippen LogP) is 4.85. The highest BCUT2D eigenvalue weighted by atomic mass is 32.2. The summed E-state index contributed by atoms with van der Waals surface area (Å²) in [6.45, 7) is 3.97. The van der Waals surface area contributed by atoms with Crippen molar-refractivity contribution >= 4 is 27.3 Å². The van der Waals surface area contributed by atoms with Crippen LogP contribution in [0.3, 0.4) is 0 Å². The van der Waals surface area contributed by atoms with E-state index in [1.54, 1.807) is 31.2 Å². The molecule has 0 amide bonds. The Labute approximate surface area is 178 Å². The van der Waals surface area contributed by atoms with E-state index in [2.05, 4.69) is 0 Å². The van der Waals surface area contributed by atoms with Gasteiger partial charge in [-0.25, -0.2) is 8.42 Å². The first kappa shape index (κ1) is 20.7. The summed E-state index contributed by atoms with van der Waals surface area (Å²) < 4.78 is 34.4. The summed E-state index contributed by atoms with van der Waals surface area (Å²) in [6.07, 6.45) is 3.80. The second kappa shape index (κ2) is 8.26. The van der Waals surface area contributed by atoms with Crippen LogP contribution in [0.25, 0.3) is 5.57 Å². The molecular weight excluding hydrogens is 398 g/mol. The normalized spacial score (nSPS) is 18.6. The number of nitrogens with zero attached hydrogens (tertiary/aromatic N) is 1. The third-order valence-electron chi connectivity index (χ3n) is 5.91. The first-order valence-corrected chi connectivity index (χ1v) is 12.0. The first-order chi connectivity index (χ1) is 14.4. The molecule has 30 heavy (non-hydrogen) atoms. The minimum absolute atomic E-state index is 0.0199. The lowest BCUT2D eigenvalue weighted by atomic mass is 9.80. The van der Waals surface area contributed by atoms with Gasteiger partial charge in [0.1, 0.15) is 0 Å². The lowest BCUT2D eigenvalue weighted by molar-refractivity contribution is -0.143. The van der Waals surface area contributed by atoms with E-state index in [9.17, 15) is 13.2 Å². The second-order valence-electron chi connectivity index (χ2n) is 7.87. The van der Waals surface area contributed by atoms with Crippen molar-refractivity contribution in [3.8, 4) is 0 Å². The van der Waals surface area contributed by atoms with E-state index in [4.69, 9.17) is 4.74 Å². The third-order valence-corrected chi connectivity index (χ3v) is 7.74. The number of anilines is 1. The Morgan fingerprint density at radius 3 is 2.50 bits per heavy atom. The molecule has 5 nitrogen and oxygen atoms in total. The van der Waals surface area contributed by atoms with E-state index in [0.29, 0.717) is 5.69 Å². The zero-order valence-electron chi connectivity index (χ0n) is 17.4. The Balaban J connectivity index is 1.90. The Morgan fingerprint density at radius 1 is 1.07 bits per heavy atom. The van der Waals surface area contributed by atoms with Crippen molar-refractivity contribution < 1.29 is 17.9 Å². The maximum atomic E-state index is 13.8. The van der Waals surface area contributed by atoms with Gasteiger partial charge in [-0.2, -0.15) is 0 Å². The SMILES string of the molecule is CCOC(=O)CC1C2=C(CCCC2)c2ccccc2N1S(=O)(=O)c1ccc(C)cc1. The fraction of sp³-hybridized carbons (Fsp3) is 0.375. The van der Waals surface area contributed by atoms with Crippen LogP contribution in [0.4, 0.5) is 5.69 Å². The number of aryl methyl sites for hydroxylation is 1. The van der Waals surface area contributed by atoms with Crippen molar-refractivity contribution in [2.45, 2.75) is 56.9 Å². The number of rotatable bonds is 5. The molecule has 6 heteroatoms. The van der Waals surface area contributed by atoms with Gasteiger partial charge in [-0.05, 0) is 68.9 Å². The summed E-state index contributed by atoms with van der Waals surface area (Å²) in [6, 6.07) is 14.0. The van der Waals surface area contributed by atoms with Crippen LogP contribution in [0.5, 0.6) is 0 Å². The number of ether oxygens (including phenoxy) is 1. The van der Waals surface area contributed by atoms with E-state index >= 15 is 0 Å². The molecule has 0 saturated carbocycles. The number of sulfonamides is 1. The number of fused-ring (bicyclic) bond motifs is 2. The molecule has 2 aromatic rings. The summed E-state index contributed by atoms with van der Waals surface area (Å²) in [5.41, 5.74) is 4.86. The average Bonchev–Trinajstić information content (AvgIpc) is 2.74. The fourth-order valence-electron chi connectivity index (χ4n) is 4.54. The van der Waals surface area contributed by atoms with E-state index in [1.807, 2.05) is 31.2 Å². The minimum atomic E-state index is -3.86. The Kier molecular flexibility index (Phi) is 5.69. The van der Waals surface area contributed by atoms with Crippen molar-refractivity contribution in [2.75, 3.05) is 10.9 Å². The quantitative estimate of drug-likeness (QED) is 0.642. The van der Waals surface area contributed by atoms with E-state index in [-0.39, 0.29) is 23.9 Å². The molecule has 0 fully saturated rings.